The predicted octanol–water partition coefficient (Wildman–Crippen LogP) is 6.11. The van der Waals surface area contributed by atoms with Crippen LogP contribution in [-0.4, -0.2) is 51.1 Å². The molecule has 1 aliphatic heterocycles. The first-order chi connectivity index (χ1) is 18.3. The number of benzene rings is 3. The minimum atomic E-state index is -0.338. The van der Waals surface area contributed by atoms with Crippen molar-refractivity contribution < 1.29 is 14.3 Å². The van der Waals surface area contributed by atoms with Crippen LogP contribution in [0, 0.1) is 0 Å². The van der Waals surface area contributed by atoms with E-state index in [4.69, 9.17) is 27.9 Å². The van der Waals surface area contributed by atoms with Crippen LogP contribution >= 0.6 is 23.2 Å². The molecule has 0 saturated carbocycles. The molecule has 1 saturated heterocycles. The summed E-state index contributed by atoms with van der Waals surface area (Å²) >= 11 is 12.1. The summed E-state index contributed by atoms with van der Waals surface area (Å²) in [4.78, 5) is 30.7. The monoisotopic (exact) mass is 554 g/mol. The van der Waals surface area contributed by atoms with Crippen LogP contribution in [0.1, 0.15) is 41.0 Å². The number of methoxy groups -OCH3 is 1. The van der Waals surface area contributed by atoms with Crippen LogP contribution in [0.25, 0.3) is 0 Å². The van der Waals surface area contributed by atoms with Gasteiger partial charge in [-0.15, -0.1) is 0 Å². The largest absolute Gasteiger partial charge is 0.495 e. The van der Waals surface area contributed by atoms with Gasteiger partial charge in [-0.25, -0.2) is 0 Å². The number of amides is 2. The average molecular weight is 556 g/mol. The number of piperazine rings is 1. The third-order valence-corrected chi connectivity index (χ3v) is 7.46. The average Bonchev–Trinajstić information content (AvgIpc) is 2.94. The van der Waals surface area contributed by atoms with E-state index in [-0.39, 0.29) is 17.9 Å². The molecule has 1 aliphatic rings. The lowest BCUT2D eigenvalue weighted by molar-refractivity contribution is 0.0938. The highest BCUT2D eigenvalue weighted by Gasteiger charge is 2.24. The molecule has 1 atom stereocenters. The highest BCUT2D eigenvalue weighted by molar-refractivity contribution is 6.42. The van der Waals surface area contributed by atoms with Crippen LogP contribution in [0.5, 0.6) is 5.75 Å². The molecule has 7 nitrogen and oxygen atoms in total. The van der Waals surface area contributed by atoms with Crippen molar-refractivity contribution in [2.75, 3.05) is 48.4 Å². The fourth-order valence-electron chi connectivity index (χ4n) is 4.39. The molecule has 38 heavy (non-hydrogen) atoms. The second kappa shape index (κ2) is 12.4. The van der Waals surface area contributed by atoms with Gasteiger partial charge in [0.2, 0.25) is 0 Å². The predicted molar refractivity (Wildman–Crippen MR) is 155 cm³/mol. The smallest absolute Gasteiger partial charge is 0.255 e. The van der Waals surface area contributed by atoms with Gasteiger partial charge in [0.15, 0.2) is 0 Å². The van der Waals surface area contributed by atoms with Crippen molar-refractivity contribution in [1.82, 2.24) is 5.32 Å². The number of hydrogen-bond donors (Lipinski definition) is 2. The molecule has 0 radical (unpaired) electrons. The molecule has 4 rings (SSSR count). The van der Waals surface area contributed by atoms with Gasteiger partial charge in [0.05, 0.1) is 28.4 Å². The number of carbonyl (C=O) groups excluding carboxylic acids is 2. The minimum Gasteiger partial charge on any atom is -0.495 e. The molecular weight excluding hydrogens is 523 g/mol. The van der Waals surface area contributed by atoms with Gasteiger partial charge in [0.1, 0.15) is 5.75 Å². The van der Waals surface area contributed by atoms with Crippen molar-refractivity contribution in [2.24, 2.45) is 0 Å². The van der Waals surface area contributed by atoms with Crippen molar-refractivity contribution in [3.8, 4) is 5.75 Å². The van der Waals surface area contributed by atoms with E-state index in [0.717, 1.165) is 49.7 Å². The highest BCUT2D eigenvalue weighted by atomic mass is 35.5. The van der Waals surface area contributed by atoms with E-state index in [2.05, 4.69) is 26.5 Å². The first-order valence-corrected chi connectivity index (χ1v) is 13.4. The zero-order valence-corrected chi connectivity index (χ0v) is 23.3. The zero-order valence-electron chi connectivity index (χ0n) is 21.8. The highest BCUT2D eigenvalue weighted by Crippen LogP contribution is 2.31. The van der Waals surface area contributed by atoms with Gasteiger partial charge in [-0.2, -0.15) is 0 Å². The SMILES string of the molecule is CC[C@H](C)NC(=O)c1cc(NC(=O)c2ccc(Cl)c(Cl)c2)ccc1N1CCN(c2ccccc2OC)CC1. The van der Waals surface area contributed by atoms with Crippen molar-refractivity contribution in [2.45, 2.75) is 26.3 Å². The molecule has 1 fully saturated rings. The molecular formula is C29H32Cl2N4O3. The summed E-state index contributed by atoms with van der Waals surface area (Å²) < 4.78 is 5.54. The summed E-state index contributed by atoms with van der Waals surface area (Å²) in [5.41, 5.74) is 3.30. The van der Waals surface area contributed by atoms with E-state index in [1.165, 1.54) is 6.07 Å². The maximum atomic E-state index is 13.3. The van der Waals surface area contributed by atoms with E-state index in [9.17, 15) is 9.59 Å². The van der Waals surface area contributed by atoms with Gasteiger partial charge in [-0.3, -0.25) is 9.59 Å². The van der Waals surface area contributed by atoms with E-state index in [1.54, 1.807) is 25.3 Å². The Balaban J connectivity index is 1.56. The lowest BCUT2D eigenvalue weighted by Crippen LogP contribution is -2.47. The number of anilines is 3. The number of halogens is 2. The molecule has 0 bridgehead atoms. The number of para-hydroxylation sites is 2. The molecule has 1 heterocycles. The van der Waals surface area contributed by atoms with Crippen LogP contribution in [0.3, 0.4) is 0 Å². The van der Waals surface area contributed by atoms with Crippen LogP contribution in [0.2, 0.25) is 10.0 Å². The minimum absolute atomic E-state index is 0.0206. The normalized spacial score (nSPS) is 14.1. The van der Waals surface area contributed by atoms with Gasteiger partial charge >= 0.3 is 0 Å². The molecule has 3 aromatic carbocycles. The molecule has 2 amide bonds. The second-order valence-corrected chi connectivity index (χ2v) is 10.1. The Morgan fingerprint density at radius 2 is 1.58 bits per heavy atom. The number of nitrogens with one attached hydrogen (secondary N) is 2. The lowest BCUT2D eigenvalue weighted by Gasteiger charge is -2.38. The van der Waals surface area contributed by atoms with Gasteiger partial charge in [-0.05, 0) is 61.9 Å². The quantitative estimate of drug-likeness (QED) is 0.351. The Morgan fingerprint density at radius 1 is 0.895 bits per heavy atom. The van der Waals surface area contributed by atoms with Crippen molar-refractivity contribution in [1.29, 1.82) is 0 Å². The lowest BCUT2D eigenvalue weighted by atomic mass is 10.1. The summed E-state index contributed by atoms with van der Waals surface area (Å²) in [5.74, 6) is 0.332. The van der Waals surface area contributed by atoms with Crippen LogP contribution in [0.15, 0.2) is 60.7 Å². The van der Waals surface area contributed by atoms with Gasteiger partial charge in [-0.1, -0.05) is 42.3 Å². The summed E-state index contributed by atoms with van der Waals surface area (Å²) in [6, 6.07) is 18.2. The van der Waals surface area contributed by atoms with E-state index in [1.807, 2.05) is 44.2 Å². The number of rotatable bonds is 8. The first-order valence-electron chi connectivity index (χ1n) is 12.6. The first kappa shape index (κ1) is 27.6. The van der Waals surface area contributed by atoms with Crippen molar-refractivity contribution in [3.05, 3.63) is 81.8 Å². The molecule has 2 N–H and O–H groups in total. The Kier molecular flexibility index (Phi) is 9.02. The van der Waals surface area contributed by atoms with Crippen molar-refractivity contribution >= 4 is 52.1 Å². The zero-order chi connectivity index (χ0) is 27.2. The van der Waals surface area contributed by atoms with E-state index >= 15 is 0 Å². The fourth-order valence-corrected chi connectivity index (χ4v) is 4.69. The summed E-state index contributed by atoms with van der Waals surface area (Å²) in [7, 11) is 1.68. The molecule has 0 spiro atoms. The maximum absolute atomic E-state index is 13.3. The van der Waals surface area contributed by atoms with E-state index in [0.29, 0.717) is 26.9 Å². The Bertz CT molecular complexity index is 1310. The van der Waals surface area contributed by atoms with Crippen LogP contribution in [-0.2, 0) is 0 Å². The summed E-state index contributed by atoms with van der Waals surface area (Å²) in [5, 5.41) is 6.62. The Labute approximate surface area is 233 Å². The number of carbonyl (C=O) groups is 2. The molecule has 3 aromatic rings. The Morgan fingerprint density at radius 3 is 2.24 bits per heavy atom. The molecule has 0 aromatic heterocycles. The third-order valence-electron chi connectivity index (χ3n) is 6.72. The standard InChI is InChI=1S/C29H32Cl2N4O3/c1-4-19(2)32-29(37)22-18-21(33-28(36)20-9-11-23(30)24(31)17-20)10-12-25(22)34-13-15-35(16-14-34)26-7-5-6-8-27(26)38-3/h5-12,17-19H,4,13-16H2,1-3H3,(H,32,37)(H,33,36)/t19-/m0/s1. The molecule has 0 unspecified atom stereocenters. The summed E-state index contributed by atoms with van der Waals surface area (Å²) in [6.45, 7) is 7.02. The van der Waals surface area contributed by atoms with Crippen molar-refractivity contribution in [3.63, 3.8) is 0 Å². The number of ether oxygens (including phenoxy) is 1. The Hall–Kier alpha value is -3.42. The van der Waals surface area contributed by atoms with Crippen LogP contribution in [0.4, 0.5) is 17.1 Å². The van der Waals surface area contributed by atoms with Gasteiger partial charge in [0, 0.05) is 49.2 Å². The molecule has 9 heteroatoms. The third kappa shape index (κ3) is 6.34. The topological polar surface area (TPSA) is 73.9 Å². The maximum Gasteiger partial charge on any atom is 0.255 e. The molecule has 0 aliphatic carbocycles. The van der Waals surface area contributed by atoms with E-state index < -0.39 is 0 Å². The van der Waals surface area contributed by atoms with Crippen LogP contribution < -0.4 is 25.2 Å². The van der Waals surface area contributed by atoms with Gasteiger partial charge in [0.25, 0.3) is 11.8 Å². The fraction of sp³-hybridized carbons (Fsp3) is 0.310. The second-order valence-electron chi connectivity index (χ2n) is 9.24. The summed E-state index contributed by atoms with van der Waals surface area (Å²) in [6.07, 6.45) is 0.812. The number of nitrogens with zero attached hydrogens (tertiary/aromatic N) is 2. The number of hydrogen-bond acceptors (Lipinski definition) is 5. The van der Waals surface area contributed by atoms with Gasteiger partial charge < -0.3 is 25.2 Å². The molecule has 200 valence electrons.